The van der Waals surface area contributed by atoms with Crippen molar-refractivity contribution in [2.24, 2.45) is 0 Å². The predicted molar refractivity (Wildman–Crippen MR) is 122 cm³/mol. The summed E-state index contributed by atoms with van der Waals surface area (Å²) in [7, 11) is -4.60. The van der Waals surface area contributed by atoms with Crippen LogP contribution in [0.2, 0.25) is 10.9 Å². The van der Waals surface area contributed by atoms with Gasteiger partial charge in [0.1, 0.15) is 0 Å². The first-order valence-electron chi connectivity index (χ1n) is 9.98. The normalized spacial score (nSPS) is 14.4. The molecule has 2 unspecified atom stereocenters. The highest BCUT2D eigenvalue weighted by Crippen LogP contribution is 2.51. The van der Waals surface area contributed by atoms with Crippen LogP contribution in [-0.2, 0) is 0 Å². The summed E-state index contributed by atoms with van der Waals surface area (Å²) in [4.78, 5) is 0. The minimum Gasteiger partial charge on any atom is -0.427 e. The molecule has 0 saturated carbocycles. The maximum Gasteiger partial charge on any atom is 0.455 e. The van der Waals surface area contributed by atoms with E-state index < -0.39 is 26.0 Å². The summed E-state index contributed by atoms with van der Waals surface area (Å²) in [5.41, 5.74) is 0. The van der Waals surface area contributed by atoms with E-state index in [-0.39, 0.29) is 0 Å². The van der Waals surface area contributed by atoms with Crippen molar-refractivity contribution >= 4 is 30.8 Å². The molecule has 0 bridgehead atoms. The van der Waals surface area contributed by atoms with Gasteiger partial charge in [-0.15, -0.1) is 0 Å². The van der Waals surface area contributed by atoms with Crippen LogP contribution < -0.4 is 15.6 Å². The number of nitriles is 1. The molecule has 3 nitrogen and oxygen atoms in total. The highest BCUT2D eigenvalue weighted by Gasteiger charge is 2.61. The highest BCUT2D eigenvalue weighted by atomic mass is 28.3. The summed E-state index contributed by atoms with van der Waals surface area (Å²) in [6.45, 7) is 3.77. The summed E-state index contributed by atoms with van der Waals surface area (Å²) in [6.07, 6.45) is 0.507. The average Bonchev–Trinajstić information content (AvgIpc) is 2.79. The fraction of sp³-hybridized carbons (Fsp3) is 0.208. The first kappa shape index (κ1) is 21.1. The quantitative estimate of drug-likeness (QED) is 0.474. The van der Waals surface area contributed by atoms with Crippen LogP contribution in [0.4, 0.5) is 0 Å². The first-order chi connectivity index (χ1) is 14.0. The van der Waals surface area contributed by atoms with Crippen molar-refractivity contribution in [1.82, 2.24) is 0 Å². The maximum absolute atomic E-state index is 10.7. The first-order valence-corrected chi connectivity index (χ1v) is 12.0. The summed E-state index contributed by atoms with van der Waals surface area (Å²) in [6, 6.07) is 33.1. The molecule has 29 heavy (non-hydrogen) atoms. The second-order valence-corrected chi connectivity index (χ2v) is 11.6. The van der Waals surface area contributed by atoms with Gasteiger partial charge in [-0.2, -0.15) is 5.26 Å². The summed E-state index contributed by atoms with van der Waals surface area (Å²) >= 11 is 0. The van der Waals surface area contributed by atoms with E-state index in [1.54, 1.807) is 6.92 Å². The van der Waals surface area contributed by atoms with E-state index in [2.05, 4.69) is 42.5 Å². The fourth-order valence-electron chi connectivity index (χ4n) is 4.79. The van der Waals surface area contributed by atoms with Crippen LogP contribution in [0.3, 0.4) is 0 Å². The molecule has 2 N–H and O–H groups in total. The topological polar surface area (TPSA) is 64.2 Å². The Balaban J connectivity index is 2.54. The van der Waals surface area contributed by atoms with E-state index >= 15 is 0 Å². The van der Waals surface area contributed by atoms with Crippen molar-refractivity contribution < 1.29 is 10.0 Å². The second kappa shape index (κ2) is 8.79. The molecule has 0 aromatic heterocycles. The molecule has 5 heteroatoms. The minimum absolute atomic E-state index is 0.507. The van der Waals surface area contributed by atoms with Crippen LogP contribution in [0.15, 0.2) is 91.0 Å². The van der Waals surface area contributed by atoms with Gasteiger partial charge in [-0.05, 0) is 22.0 Å². The van der Waals surface area contributed by atoms with Crippen molar-refractivity contribution in [3.63, 3.8) is 0 Å². The van der Waals surface area contributed by atoms with Gasteiger partial charge in [-0.25, -0.2) is 0 Å². The Labute approximate surface area is 174 Å². The highest BCUT2D eigenvalue weighted by molar-refractivity contribution is 7.14. The monoisotopic (exact) mass is 399 g/mol. The lowest BCUT2D eigenvalue weighted by Crippen LogP contribution is -2.74. The van der Waals surface area contributed by atoms with E-state index in [9.17, 15) is 15.3 Å². The predicted octanol–water partition coefficient (Wildman–Crippen LogP) is 2.69. The zero-order valence-corrected chi connectivity index (χ0v) is 17.9. The molecule has 0 aliphatic rings. The molecule has 0 heterocycles. The zero-order chi connectivity index (χ0) is 20.9. The SMILES string of the molecule is CCC(C#N)(C(C)B(O)O)[Si](c1ccccc1)(c1ccccc1)c1ccccc1. The number of rotatable bonds is 7. The number of hydrogen-bond donors (Lipinski definition) is 2. The smallest absolute Gasteiger partial charge is 0.427 e. The van der Waals surface area contributed by atoms with Crippen molar-refractivity contribution in [2.45, 2.75) is 31.1 Å². The lowest BCUT2D eigenvalue weighted by atomic mass is 9.66. The molecule has 0 saturated heterocycles. The van der Waals surface area contributed by atoms with E-state index in [4.69, 9.17) is 0 Å². The van der Waals surface area contributed by atoms with Gasteiger partial charge in [-0.1, -0.05) is 105 Å². The van der Waals surface area contributed by atoms with Crippen molar-refractivity contribution in [3.05, 3.63) is 91.0 Å². The molecule has 0 amide bonds. The lowest BCUT2D eigenvalue weighted by molar-refractivity contribution is 0.370. The van der Waals surface area contributed by atoms with Crippen molar-refractivity contribution in [1.29, 1.82) is 5.26 Å². The van der Waals surface area contributed by atoms with Gasteiger partial charge in [0.05, 0.1) is 11.1 Å². The Morgan fingerprint density at radius 1 is 0.828 bits per heavy atom. The Morgan fingerprint density at radius 3 is 1.41 bits per heavy atom. The lowest BCUT2D eigenvalue weighted by Gasteiger charge is -2.49. The summed E-state index contributed by atoms with van der Waals surface area (Å²) in [5.74, 6) is -0.634. The Hall–Kier alpha value is -2.65. The standard InChI is InChI=1S/C24H26BNO2Si/c1-3-24(19-26,20(2)25(27)28)29(21-13-7-4-8-14-21,22-15-9-5-10-16-22)23-17-11-6-12-18-23/h4-18,20,27-28H,3H2,1-2H3. The molecule has 0 aliphatic heterocycles. The second-order valence-electron chi connectivity index (χ2n) is 7.49. The molecule has 0 spiro atoms. The van der Waals surface area contributed by atoms with E-state index in [0.29, 0.717) is 6.42 Å². The largest absolute Gasteiger partial charge is 0.455 e. The van der Waals surface area contributed by atoms with Gasteiger partial charge in [-0.3, -0.25) is 0 Å². The molecule has 3 rings (SSSR count). The van der Waals surface area contributed by atoms with Gasteiger partial charge in [0.25, 0.3) is 0 Å². The van der Waals surface area contributed by atoms with Gasteiger partial charge in [0.2, 0.25) is 0 Å². The third-order valence-corrected chi connectivity index (χ3v) is 12.1. The van der Waals surface area contributed by atoms with Crippen LogP contribution in [0.5, 0.6) is 0 Å². The molecule has 0 fully saturated rings. The van der Waals surface area contributed by atoms with Crippen LogP contribution in [0, 0.1) is 11.3 Å². The molecule has 3 aromatic carbocycles. The van der Waals surface area contributed by atoms with Crippen LogP contribution in [0.25, 0.3) is 0 Å². The van der Waals surface area contributed by atoms with Gasteiger partial charge in [0, 0.05) is 5.82 Å². The number of nitrogens with zero attached hydrogens (tertiary/aromatic N) is 1. The Kier molecular flexibility index (Phi) is 6.39. The van der Waals surface area contributed by atoms with Crippen LogP contribution in [0.1, 0.15) is 20.3 Å². The minimum atomic E-state index is -3.01. The summed E-state index contributed by atoms with van der Waals surface area (Å²) < 4.78 is 0. The van der Waals surface area contributed by atoms with Crippen LogP contribution in [-0.4, -0.2) is 25.2 Å². The third kappa shape index (κ3) is 3.34. The third-order valence-electron chi connectivity index (χ3n) is 6.27. The Bertz CT molecular complexity index is 864. The summed E-state index contributed by atoms with van der Waals surface area (Å²) in [5, 5.41) is 33.5. The molecule has 0 aliphatic carbocycles. The molecule has 0 radical (unpaired) electrons. The van der Waals surface area contributed by atoms with E-state index in [1.165, 1.54) is 0 Å². The van der Waals surface area contributed by atoms with E-state index in [0.717, 1.165) is 15.6 Å². The molecule has 3 aromatic rings. The van der Waals surface area contributed by atoms with Gasteiger partial charge in [0.15, 0.2) is 8.07 Å². The molecule has 146 valence electrons. The maximum atomic E-state index is 10.7. The fourth-order valence-corrected chi connectivity index (χ4v) is 10.9. The molecule has 2 atom stereocenters. The molecular weight excluding hydrogens is 373 g/mol. The Morgan fingerprint density at radius 2 is 1.17 bits per heavy atom. The van der Waals surface area contributed by atoms with Crippen LogP contribution >= 0.6 is 0 Å². The molecular formula is C24H26BNO2Si. The van der Waals surface area contributed by atoms with Crippen molar-refractivity contribution in [2.75, 3.05) is 0 Å². The van der Waals surface area contributed by atoms with Gasteiger partial charge < -0.3 is 10.0 Å². The number of benzene rings is 3. The van der Waals surface area contributed by atoms with E-state index in [1.807, 2.05) is 61.5 Å². The van der Waals surface area contributed by atoms with Crippen molar-refractivity contribution in [3.8, 4) is 6.07 Å². The van der Waals surface area contributed by atoms with Gasteiger partial charge >= 0.3 is 7.12 Å². The average molecular weight is 399 g/mol. The zero-order valence-electron chi connectivity index (χ0n) is 16.9. The number of hydrogen-bond acceptors (Lipinski definition) is 3.